The fourth-order valence-electron chi connectivity index (χ4n) is 3.20. The van der Waals surface area contributed by atoms with E-state index in [0.717, 1.165) is 16.1 Å². The van der Waals surface area contributed by atoms with Gasteiger partial charge in [-0.25, -0.2) is 0 Å². The van der Waals surface area contributed by atoms with E-state index < -0.39 is 17.3 Å². The number of hydrogen-bond acceptors (Lipinski definition) is 6. The maximum Gasteiger partial charge on any atom is 0.303 e. The minimum Gasteiger partial charge on any atom is -0.497 e. The first-order valence-electron chi connectivity index (χ1n) is 9.18. The zero-order valence-corrected chi connectivity index (χ0v) is 18.0. The second-order valence-corrected chi connectivity index (χ2v) is 8.08. The molecule has 2 atom stereocenters. The fourth-order valence-corrected chi connectivity index (χ4v) is 4.82. The van der Waals surface area contributed by atoms with Crippen molar-refractivity contribution in [2.45, 2.75) is 23.2 Å². The Morgan fingerprint density at radius 2 is 1.97 bits per heavy atom. The van der Waals surface area contributed by atoms with E-state index in [1.807, 2.05) is 43.4 Å². The summed E-state index contributed by atoms with van der Waals surface area (Å²) < 4.78 is 10.8. The predicted octanol–water partition coefficient (Wildman–Crippen LogP) is 3.68. The molecule has 1 heterocycles. The number of rotatable bonds is 6. The molecule has 0 aromatic heterocycles. The number of thioether (sulfide) groups is 1. The van der Waals surface area contributed by atoms with Crippen molar-refractivity contribution in [1.82, 2.24) is 5.32 Å². The van der Waals surface area contributed by atoms with E-state index in [1.54, 1.807) is 18.1 Å². The Balaban J connectivity index is 2.12. The number of nitrogens with one attached hydrogen (secondary N) is 1. The van der Waals surface area contributed by atoms with E-state index in [4.69, 9.17) is 21.1 Å². The minimum atomic E-state index is -0.980. The number of anilines is 1. The molecule has 2 aromatic carbocycles. The van der Waals surface area contributed by atoms with Crippen molar-refractivity contribution >= 4 is 40.9 Å². The van der Waals surface area contributed by atoms with Gasteiger partial charge in [-0.05, 0) is 36.9 Å². The Labute approximate surface area is 179 Å². The van der Waals surface area contributed by atoms with Gasteiger partial charge < -0.3 is 19.7 Å². The van der Waals surface area contributed by atoms with Gasteiger partial charge in [-0.3, -0.25) is 9.59 Å². The topological polar surface area (TPSA) is 67.9 Å². The Hall–Kier alpha value is -2.22. The normalized spacial score (nSPS) is 18.8. The second-order valence-electron chi connectivity index (χ2n) is 6.52. The van der Waals surface area contributed by atoms with Crippen LogP contribution in [0.3, 0.4) is 0 Å². The molecule has 1 aliphatic rings. The zero-order chi connectivity index (χ0) is 21.0. The minimum absolute atomic E-state index is 0.273. The van der Waals surface area contributed by atoms with Crippen LogP contribution < -0.4 is 15.0 Å². The molecule has 0 fully saturated rings. The lowest BCUT2D eigenvalue weighted by Crippen LogP contribution is -2.45. The van der Waals surface area contributed by atoms with E-state index in [0.29, 0.717) is 23.9 Å². The van der Waals surface area contributed by atoms with E-state index in [9.17, 15) is 9.59 Å². The second kappa shape index (κ2) is 9.52. The van der Waals surface area contributed by atoms with E-state index in [1.165, 1.54) is 18.7 Å². The molecule has 0 aliphatic carbocycles. The van der Waals surface area contributed by atoms with Gasteiger partial charge >= 0.3 is 5.97 Å². The standard InChI is InChI=1S/C21H23ClN2O4S/c1-13(25)28-18-19(14-7-9-15(27-3)10-8-14)29-20-16(22)5-4-6-17(20)24(21(18)26)12-11-23-2/h4-10,18-19,23H,11-12H2,1-3H3/t18-,19+/m0/s1. The van der Waals surface area contributed by atoms with Crippen LogP contribution in [0.1, 0.15) is 17.7 Å². The number of carbonyl (C=O) groups excluding carboxylic acids is 2. The first-order chi connectivity index (χ1) is 14.0. The molecule has 0 spiro atoms. The van der Waals surface area contributed by atoms with Gasteiger partial charge in [0.2, 0.25) is 0 Å². The quantitative estimate of drug-likeness (QED) is 0.699. The van der Waals surface area contributed by atoms with Gasteiger partial charge in [0.15, 0.2) is 6.10 Å². The molecule has 1 amide bonds. The molecule has 29 heavy (non-hydrogen) atoms. The number of ether oxygens (including phenoxy) is 2. The van der Waals surface area contributed by atoms with Gasteiger partial charge in [-0.1, -0.05) is 29.8 Å². The number of likely N-dealkylation sites (N-methyl/N-ethyl adjacent to an activating group) is 1. The van der Waals surface area contributed by atoms with Crippen LogP contribution in [0.4, 0.5) is 5.69 Å². The van der Waals surface area contributed by atoms with Crippen LogP contribution in [0.2, 0.25) is 5.02 Å². The summed E-state index contributed by atoms with van der Waals surface area (Å²) in [5.41, 5.74) is 1.56. The van der Waals surface area contributed by atoms with Crippen molar-refractivity contribution in [3.8, 4) is 5.75 Å². The average Bonchev–Trinajstić information content (AvgIpc) is 2.82. The highest BCUT2D eigenvalue weighted by Gasteiger charge is 2.41. The molecule has 3 rings (SSSR count). The van der Waals surface area contributed by atoms with Crippen LogP contribution >= 0.6 is 23.4 Å². The van der Waals surface area contributed by atoms with Crippen LogP contribution in [0.25, 0.3) is 0 Å². The smallest absolute Gasteiger partial charge is 0.303 e. The number of fused-ring (bicyclic) bond motifs is 1. The third-order valence-corrected chi connectivity index (χ3v) is 6.45. The number of benzene rings is 2. The molecule has 8 heteroatoms. The summed E-state index contributed by atoms with van der Waals surface area (Å²) in [7, 11) is 3.41. The molecule has 1 aliphatic heterocycles. The first-order valence-corrected chi connectivity index (χ1v) is 10.4. The highest BCUT2D eigenvalue weighted by Crippen LogP contribution is 2.49. The van der Waals surface area contributed by atoms with Crippen molar-refractivity contribution in [1.29, 1.82) is 0 Å². The molecule has 0 radical (unpaired) electrons. The summed E-state index contributed by atoms with van der Waals surface area (Å²) >= 11 is 7.94. The molecule has 0 unspecified atom stereocenters. The largest absolute Gasteiger partial charge is 0.497 e. The molecule has 1 N–H and O–H groups in total. The Morgan fingerprint density at radius 1 is 1.24 bits per heavy atom. The molecule has 0 saturated heterocycles. The fraction of sp³-hybridized carbons (Fsp3) is 0.333. The van der Waals surface area contributed by atoms with Gasteiger partial charge in [0.1, 0.15) is 5.75 Å². The highest BCUT2D eigenvalue weighted by molar-refractivity contribution is 8.00. The average molecular weight is 435 g/mol. The third kappa shape index (κ3) is 4.69. The molecule has 2 aromatic rings. The number of hydrogen-bond donors (Lipinski definition) is 1. The Bertz CT molecular complexity index is 891. The molecular weight excluding hydrogens is 412 g/mol. The molecule has 6 nitrogen and oxygen atoms in total. The SMILES string of the molecule is CNCCN1C(=O)[C@@H](OC(C)=O)[C@@H](c2ccc(OC)cc2)Sc2c(Cl)cccc21. The summed E-state index contributed by atoms with van der Waals surface area (Å²) in [6.07, 6.45) is -0.980. The maximum absolute atomic E-state index is 13.5. The van der Waals surface area contributed by atoms with E-state index in [2.05, 4.69) is 5.32 Å². The van der Waals surface area contributed by atoms with Crippen molar-refractivity contribution in [3.63, 3.8) is 0 Å². The number of halogens is 1. The van der Waals surface area contributed by atoms with Crippen LogP contribution in [-0.4, -0.2) is 45.2 Å². The van der Waals surface area contributed by atoms with E-state index in [-0.39, 0.29) is 5.91 Å². The maximum atomic E-state index is 13.5. The van der Waals surface area contributed by atoms with E-state index >= 15 is 0 Å². The van der Waals surface area contributed by atoms with Crippen LogP contribution in [0.15, 0.2) is 47.4 Å². The zero-order valence-electron chi connectivity index (χ0n) is 16.5. The number of esters is 1. The lowest BCUT2D eigenvalue weighted by Gasteiger charge is -2.27. The van der Waals surface area contributed by atoms with Crippen LogP contribution in [0, 0.1) is 0 Å². The van der Waals surface area contributed by atoms with Crippen molar-refractivity contribution in [3.05, 3.63) is 53.1 Å². The van der Waals surface area contributed by atoms with Crippen molar-refractivity contribution < 1.29 is 19.1 Å². The summed E-state index contributed by atoms with van der Waals surface area (Å²) in [6.45, 7) is 2.32. The molecule has 0 bridgehead atoms. The van der Waals surface area contributed by atoms with Gasteiger partial charge in [-0.15, -0.1) is 11.8 Å². The van der Waals surface area contributed by atoms with Gasteiger partial charge in [0, 0.05) is 20.0 Å². The Morgan fingerprint density at radius 3 is 2.59 bits per heavy atom. The third-order valence-electron chi connectivity index (χ3n) is 4.59. The first kappa shape index (κ1) is 21.5. The number of amides is 1. The van der Waals surface area contributed by atoms with Crippen LogP contribution in [0.5, 0.6) is 5.75 Å². The summed E-state index contributed by atoms with van der Waals surface area (Å²) in [4.78, 5) is 27.8. The van der Waals surface area contributed by atoms with Crippen molar-refractivity contribution in [2.24, 2.45) is 0 Å². The molecular formula is C21H23ClN2O4S. The number of methoxy groups -OCH3 is 1. The molecule has 154 valence electrons. The lowest BCUT2D eigenvalue weighted by atomic mass is 10.1. The lowest BCUT2D eigenvalue weighted by molar-refractivity contribution is -0.152. The monoisotopic (exact) mass is 434 g/mol. The summed E-state index contributed by atoms with van der Waals surface area (Å²) in [5, 5.41) is 3.16. The van der Waals surface area contributed by atoms with Gasteiger partial charge in [0.05, 0.1) is 28.0 Å². The summed E-state index contributed by atoms with van der Waals surface area (Å²) in [6, 6.07) is 12.9. The summed E-state index contributed by atoms with van der Waals surface area (Å²) in [5.74, 6) is -0.0744. The Kier molecular flexibility index (Phi) is 7.05. The van der Waals surface area contributed by atoms with Gasteiger partial charge in [-0.2, -0.15) is 0 Å². The van der Waals surface area contributed by atoms with Crippen LogP contribution in [-0.2, 0) is 14.3 Å². The number of carbonyl (C=O) groups is 2. The highest BCUT2D eigenvalue weighted by atomic mass is 35.5. The number of nitrogens with zero attached hydrogens (tertiary/aromatic N) is 1. The molecule has 0 saturated carbocycles. The van der Waals surface area contributed by atoms with Gasteiger partial charge in [0.25, 0.3) is 5.91 Å². The predicted molar refractivity (Wildman–Crippen MR) is 115 cm³/mol. The van der Waals surface area contributed by atoms with Crippen molar-refractivity contribution in [2.75, 3.05) is 32.1 Å².